The molecule has 1 aromatic heterocycles. The fourth-order valence-corrected chi connectivity index (χ4v) is 2.74. The molecule has 0 aliphatic heterocycles. The Balaban J connectivity index is 1.57. The second-order valence-corrected chi connectivity index (χ2v) is 5.99. The molecule has 0 saturated heterocycles. The summed E-state index contributed by atoms with van der Waals surface area (Å²) in [4.78, 5) is 25.4. The van der Waals surface area contributed by atoms with Crippen molar-refractivity contribution in [2.75, 3.05) is 25.5 Å². The number of para-hydroxylation sites is 1. The number of hydrogen-bond donors (Lipinski definition) is 1. The molecule has 5 nitrogen and oxygen atoms in total. The number of carbonyl (C=O) groups excluding carboxylic acids is 1. The molecule has 0 aliphatic carbocycles. The van der Waals surface area contributed by atoms with E-state index in [1.165, 1.54) is 24.3 Å². The number of carbonyl (C=O) groups is 1. The molecule has 1 N–H and O–H groups in total. The van der Waals surface area contributed by atoms with Crippen molar-refractivity contribution >= 4 is 22.6 Å². The van der Waals surface area contributed by atoms with Crippen LogP contribution in [0.25, 0.3) is 11.0 Å². The second kappa shape index (κ2) is 7.82. The Morgan fingerprint density at radius 1 is 1.15 bits per heavy atom. The number of anilines is 1. The van der Waals surface area contributed by atoms with E-state index in [1.807, 2.05) is 18.2 Å². The third-order valence-electron chi connectivity index (χ3n) is 4.05. The Labute approximate surface area is 150 Å². The third-order valence-corrected chi connectivity index (χ3v) is 4.05. The van der Waals surface area contributed by atoms with Gasteiger partial charge in [-0.2, -0.15) is 0 Å². The predicted molar refractivity (Wildman–Crippen MR) is 99.0 cm³/mol. The Morgan fingerprint density at radius 3 is 2.77 bits per heavy atom. The van der Waals surface area contributed by atoms with E-state index >= 15 is 0 Å². The van der Waals surface area contributed by atoms with Crippen molar-refractivity contribution in [1.82, 2.24) is 4.90 Å². The van der Waals surface area contributed by atoms with Crippen LogP contribution in [0.15, 0.2) is 63.8 Å². The third kappa shape index (κ3) is 4.08. The van der Waals surface area contributed by atoms with Crippen LogP contribution in [0.5, 0.6) is 0 Å². The van der Waals surface area contributed by atoms with Crippen molar-refractivity contribution in [2.45, 2.75) is 6.42 Å². The molecule has 0 spiro atoms. The molecule has 26 heavy (non-hydrogen) atoms. The number of nitrogens with one attached hydrogen (secondary N) is 1. The largest absolute Gasteiger partial charge is 0.423 e. The van der Waals surface area contributed by atoms with Crippen molar-refractivity contribution in [3.63, 3.8) is 0 Å². The van der Waals surface area contributed by atoms with Crippen LogP contribution < -0.4 is 10.9 Å². The first-order valence-corrected chi connectivity index (χ1v) is 8.32. The van der Waals surface area contributed by atoms with Gasteiger partial charge in [-0.15, -0.1) is 0 Å². The SMILES string of the molecule is CN(CCCNc1cc(=O)oc2ccccc12)C(=O)c1cccc(F)c1. The molecule has 0 bridgehead atoms. The van der Waals surface area contributed by atoms with Crippen LogP contribution in [0.3, 0.4) is 0 Å². The fraction of sp³-hybridized carbons (Fsp3) is 0.200. The highest BCUT2D eigenvalue weighted by molar-refractivity contribution is 5.94. The molecular weight excluding hydrogens is 335 g/mol. The topological polar surface area (TPSA) is 62.6 Å². The van der Waals surface area contributed by atoms with Gasteiger partial charge in [0, 0.05) is 37.2 Å². The standard InChI is InChI=1S/C20H19FN2O3/c1-23(20(25)14-6-4-7-15(21)12-14)11-5-10-22-17-13-19(24)26-18-9-3-2-8-16(17)18/h2-4,6-9,12-13,22H,5,10-11H2,1H3. The number of amides is 1. The molecule has 0 saturated carbocycles. The van der Waals surface area contributed by atoms with Gasteiger partial charge in [0.15, 0.2) is 0 Å². The van der Waals surface area contributed by atoms with E-state index in [4.69, 9.17) is 4.42 Å². The molecular formula is C20H19FN2O3. The number of rotatable bonds is 6. The van der Waals surface area contributed by atoms with Gasteiger partial charge >= 0.3 is 5.63 Å². The average molecular weight is 354 g/mol. The van der Waals surface area contributed by atoms with Gasteiger partial charge in [-0.3, -0.25) is 4.79 Å². The van der Waals surface area contributed by atoms with Gasteiger partial charge in [0.2, 0.25) is 0 Å². The summed E-state index contributed by atoms with van der Waals surface area (Å²) in [6.45, 7) is 1.08. The van der Waals surface area contributed by atoms with E-state index in [0.29, 0.717) is 36.3 Å². The van der Waals surface area contributed by atoms with Crippen LogP contribution in [0.2, 0.25) is 0 Å². The summed E-state index contributed by atoms with van der Waals surface area (Å²) in [6.07, 6.45) is 0.673. The predicted octanol–water partition coefficient (Wildman–Crippen LogP) is 3.51. The molecule has 2 aromatic carbocycles. The highest BCUT2D eigenvalue weighted by Crippen LogP contribution is 2.20. The van der Waals surface area contributed by atoms with Gasteiger partial charge in [0.1, 0.15) is 11.4 Å². The monoisotopic (exact) mass is 354 g/mol. The molecule has 0 fully saturated rings. The quantitative estimate of drug-likeness (QED) is 0.544. The van der Waals surface area contributed by atoms with Gasteiger partial charge in [-0.25, -0.2) is 9.18 Å². The second-order valence-electron chi connectivity index (χ2n) is 5.99. The van der Waals surface area contributed by atoms with Crippen LogP contribution in [-0.2, 0) is 0 Å². The van der Waals surface area contributed by atoms with Crippen LogP contribution in [0.4, 0.5) is 10.1 Å². The molecule has 0 radical (unpaired) electrons. The van der Waals surface area contributed by atoms with Crippen molar-refractivity contribution in [3.8, 4) is 0 Å². The molecule has 3 rings (SSSR count). The maximum Gasteiger partial charge on any atom is 0.338 e. The minimum absolute atomic E-state index is 0.227. The number of halogens is 1. The first kappa shape index (κ1) is 17.7. The lowest BCUT2D eigenvalue weighted by Gasteiger charge is -2.17. The summed E-state index contributed by atoms with van der Waals surface area (Å²) in [5, 5.41) is 4.04. The average Bonchev–Trinajstić information content (AvgIpc) is 2.64. The van der Waals surface area contributed by atoms with E-state index < -0.39 is 11.4 Å². The maximum atomic E-state index is 13.2. The number of hydrogen-bond acceptors (Lipinski definition) is 4. The van der Waals surface area contributed by atoms with E-state index in [-0.39, 0.29) is 5.91 Å². The lowest BCUT2D eigenvalue weighted by atomic mass is 10.2. The maximum absolute atomic E-state index is 13.2. The van der Waals surface area contributed by atoms with Crippen molar-refractivity contribution < 1.29 is 13.6 Å². The molecule has 0 atom stereocenters. The Bertz CT molecular complexity index is 984. The van der Waals surface area contributed by atoms with E-state index in [9.17, 15) is 14.0 Å². The van der Waals surface area contributed by atoms with Crippen LogP contribution in [0.1, 0.15) is 16.8 Å². The highest BCUT2D eigenvalue weighted by Gasteiger charge is 2.12. The normalized spacial score (nSPS) is 10.7. The van der Waals surface area contributed by atoms with E-state index in [2.05, 4.69) is 5.32 Å². The molecule has 0 unspecified atom stereocenters. The first-order valence-electron chi connectivity index (χ1n) is 8.32. The van der Waals surface area contributed by atoms with Gasteiger partial charge in [0.25, 0.3) is 5.91 Å². The minimum Gasteiger partial charge on any atom is -0.423 e. The van der Waals surface area contributed by atoms with Gasteiger partial charge in [0.05, 0.1) is 5.69 Å². The summed E-state index contributed by atoms with van der Waals surface area (Å²) < 4.78 is 18.4. The van der Waals surface area contributed by atoms with E-state index in [1.54, 1.807) is 24.1 Å². The zero-order valence-electron chi connectivity index (χ0n) is 14.4. The Morgan fingerprint density at radius 2 is 1.96 bits per heavy atom. The smallest absolute Gasteiger partial charge is 0.338 e. The molecule has 3 aromatic rings. The number of nitrogens with zero attached hydrogens (tertiary/aromatic N) is 1. The lowest BCUT2D eigenvalue weighted by Crippen LogP contribution is -2.29. The highest BCUT2D eigenvalue weighted by atomic mass is 19.1. The van der Waals surface area contributed by atoms with Crippen molar-refractivity contribution in [3.05, 3.63) is 76.4 Å². The zero-order valence-corrected chi connectivity index (χ0v) is 14.4. The summed E-state index contributed by atoms with van der Waals surface area (Å²) in [5.74, 6) is -0.656. The van der Waals surface area contributed by atoms with Gasteiger partial charge < -0.3 is 14.6 Å². The summed E-state index contributed by atoms with van der Waals surface area (Å²) in [7, 11) is 1.68. The molecule has 1 amide bonds. The van der Waals surface area contributed by atoms with Crippen molar-refractivity contribution in [1.29, 1.82) is 0 Å². The van der Waals surface area contributed by atoms with E-state index in [0.717, 1.165) is 5.39 Å². The van der Waals surface area contributed by atoms with Crippen LogP contribution in [-0.4, -0.2) is 30.9 Å². The van der Waals surface area contributed by atoms with Crippen molar-refractivity contribution in [2.24, 2.45) is 0 Å². The van der Waals surface area contributed by atoms with Crippen LogP contribution >= 0.6 is 0 Å². The molecule has 0 aliphatic rings. The Kier molecular flexibility index (Phi) is 5.31. The number of fused-ring (bicyclic) bond motifs is 1. The Hall–Kier alpha value is -3.15. The molecule has 1 heterocycles. The summed E-state index contributed by atoms with van der Waals surface area (Å²) >= 11 is 0. The summed E-state index contributed by atoms with van der Waals surface area (Å²) in [6, 6.07) is 14.4. The van der Waals surface area contributed by atoms with Crippen LogP contribution in [0, 0.1) is 5.82 Å². The number of benzene rings is 2. The minimum atomic E-state index is -0.430. The first-order chi connectivity index (χ1) is 12.5. The van der Waals surface area contributed by atoms with Gasteiger partial charge in [-0.1, -0.05) is 18.2 Å². The zero-order chi connectivity index (χ0) is 18.5. The van der Waals surface area contributed by atoms with Gasteiger partial charge in [-0.05, 0) is 36.8 Å². The molecule has 134 valence electrons. The molecule has 6 heteroatoms. The fourth-order valence-electron chi connectivity index (χ4n) is 2.74. The lowest BCUT2D eigenvalue weighted by molar-refractivity contribution is 0.0794. The summed E-state index contributed by atoms with van der Waals surface area (Å²) in [5.41, 5.74) is 1.15.